The van der Waals surface area contributed by atoms with E-state index in [0.717, 1.165) is 24.3 Å². The smallest absolute Gasteiger partial charge is 0.0940 e. The summed E-state index contributed by atoms with van der Waals surface area (Å²) in [5.41, 5.74) is 1.84. The maximum atomic E-state index is 10.6. The van der Waals surface area contributed by atoms with Crippen LogP contribution in [0.25, 0.3) is 0 Å². The second-order valence-corrected chi connectivity index (χ2v) is 5.39. The minimum atomic E-state index is -0.656. The summed E-state index contributed by atoms with van der Waals surface area (Å²) < 4.78 is 5.31. The standard InChI is InChI=1S/C15H20O2/c16-15(8-10-17-11-9-15)14-6-4-13(5-7-14)12-2-1-3-12/h4-7,12,16H,1-3,8-11H2. The van der Waals surface area contributed by atoms with Crippen molar-refractivity contribution in [3.8, 4) is 0 Å². The van der Waals surface area contributed by atoms with E-state index in [4.69, 9.17) is 4.74 Å². The molecule has 1 aromatic carbocycles. The first-order valence-corrected chi connectivity index (χ1v) is 6.68. The second-order valence-electron chi connectivity index (χ2n) is 5.39. The van der Waals surface area contributed by atoms with Crippen LogP contribution in [0, 0.1) is 0 Å². The molecule has 0 bridgehead atoms. The number of benzene rings is 1. The number of hydrogen-bond donors (Lipinski definition) is 1. The van der Waals surface area contributed by atoms with Gasteiger partial charge in [-0.2, -0.15) is 0 Å². The lowest BCUT2D eigenvalue weighted by Gasteiger charge is -2.33. The van der Waals surface area contributed by atoms with Gasteiger partial charge in [-0.05, 0) is 29.9 Å². The van der Waals surface area contributed by atoms with Gasteiger partial charge >= 0.3 is 0 Å². The number of hydrogen-bond acceptors (Lipinski definition) is 2. The highest BCUT2D eigenvalue weighted by Gasteiger charge is 2.31. The van der Waals surface area contributed by atoms with Gasteiger partial charge in [-0.1, -0.05) is 30.7 Å². The zero-order valence-corrected chi connectivity index (χ0v) is 10.2. The van der Waals surface area contributed by atoms with E-state index in [0.29, 0.717) is 13.2 Å². The molecule has 1 aromatic rings. The highest BCUT2D eigenvalue weighted by Crippen LogP contribution is 2.38. The van der Waals surface area contributed by atoms with Crippen molar-refractivity contribution < 1.29 is 9.84 Å². The van der Waals surface area contributed by atoms with Crippen LogP contribution >= 0.6 is 0 Å². The van der Waals surface area contributed by atoms with E-state index in [9.17, 15) is 5.11 Å². The van der Waals surface area contributed by atoms with E-state index in [2.05, 4.69) is 24.3 Å². The minimum Gasteiger partial charge on any atom is -0.385 e. The fourth-order valence-electron chi connectivity index (χ4n) is 2.80. The fourth-order valence-corrected chi connectivity index (χ4v) is 2.80. The third-order valence-corrected chi connectivity index (χ3v) is 4.34. The predicted octanol–water partition coefficient (Wildman–Crippen LogP) is 2.95. The second kappa shape index (κ2) is 4.43. The summed E-state index contributed by atoms with van der Waals surface area (Å²) in [5, 5.41) is 10.6. The zero-order chi connectivity index (χ0) is 11.7. The van der Waals surface area contributed by atoms with Crippen molar-refractivity contribution in [3.05, 3.63) is 35.4 Å². The molecule has 0 unspecified atom stereocenters. The maximum Gasteiger partial charge on any atom is 0.0940 e. The maximum absolute atomic E-state index is 10.6. The molecule has 2 nitrogen and oxygen atoms in total. The van der Waals surface area contributed by atoms with Gasteiger partial charge in [-0.15, -0.1) is 0 Å². The molecule has 2 heteroatoms. The Morgan fingerprint density at radius 3 is 2.24 bits per heavy atom. The molecule has 92 valence electrons. The average molecular weight is 232 g/mol. The average Bonchev–Trinajstić information content (AvgIpc) is 2.28. The van der Waals surface area contributed by atoms with Crippen molar-refractivity contribution in [1.29, 1.82) is 0 Å². The Morgan fingerprint density at radius 2 is 1.71 bits per heavy atom. The van der Waals surface area contributed by atoms with Gasteiger partial charge in [0.25, 0.3) is 0 Å². The number of aliphatic hydroxyl groups is 1. The molecule has 1 saturated carbocycles. The van der Waals surface area contributed by atoms with Crippen molar-refractivity contribution in [2.75, 3.05) is 13.2 Å². The Morgan fingerprint density at radius 1 is 1.06 bits per heavy atom. The molecule has 1 heterocycles. The van der Waals surface area contributed by atoms with E-state index < -0.39 is 5.60 Å². The van der Waals surface area contributed by atoms with Crippen molar-refractivity contribution in [1.82, 2.24) is 0 Å². The summed E-state index contributed by atoms with van der Waals surface area (Å²) in [6.07, 6.45) is 5.47. The molecule has 0 amide bonds. The molecule has 1 aliphatic heterocycles. The Kier molecular flexibility index (Phi) is 2.93. The monoisotopic (exact) mass is 232 g/mol. The van der Waals surface area contributed by atoms with E-state index in [1.165, 1.54) is 24.8 Å². The van der Waals surface area contributed by atoms with Crippen LogP contribution in [0.2, 0.25) is 0 Å². The topological polar surface area (TPSA) is 29.5 Å². The molecule has 1 aliphatic carbocycles. The van der Waals surface area contributed by atoms with Gasteiger partial charge in [0.1, 0.15) is 0 Å². The third-order valence-electron chi connectivity index (χ3n) is 4.34. The third kappa shape index (κ3) is 2.12. The summed E-state index contributed by atoms with van der Waals surface area (Å²) in [4.78, 5) is 0. The van der Waals surface area contributed by atoms with E-state index in [1.54, 1.807) is 0 Å². The Bertz CT molecular complexity index is 372. The molecule has 1 saturated heterocycles. The van der Waals surface area contributed by atoms with Gasteiger partial charge in [-0.25, -0.2) is 0 Å². The molecule has 0 radical (unpaired) electrons. The Labute approximate surface area is 103 Å². The molecule has 0 spiro atoms. The molecule has 0 atom stereocenters. The lowest BCUT2D eigenvalue weighted by atomic mass is 9.78. The van der Waals surface area contributed by atoms with Gasteiger partial charge in [0.05, 0.1) is 5.60 Å². The molecule has 1 N–H and O–H groups in total. The molecular weight excluding hydrogens is 212 g/mol. The summed E-state index contributed by atoms with van der Waals surface area (Å²) in [7, 11) is 0. The fraction of sp³-hybridized carbons (Fsp3) is 0.600. The molecule has 3 rings (SSSR count). The lowest BCUT2D eigenvalue weighted by molar-refractivity contribution is -0.0679. The largest absolute Gasteiger partial charge is 0.385 e. The summed E-state index contributed by atoms with van der Waals surface area (Å²) >= 11 is 0. The highest BCUT2D eigenvalue weighted by atomic mass is 16.5. The minimum absolute atomic E-state index is 0.656. The predicted molar refractivity (Wildman–Crippen MR) is 67.0 cm³/mol. The van der Waals surface area contributed by atoms with Crippen molar-refractivity contribution in [2.24, 2.45) is 0 Å². The molecular formula is C15H20O2. The first-order chi connectivity index (χ1) is 8.28. The van der Waals surface area contributed by atoms with Crippen LogP contribution < -0.4 is 0 Å². The van der Waals surface area contributed by atoms with Crippen molar-refractivity contribution in [2.45, 2.75) is 43.6 Å². The molecule has 0 aromatic heterocycles. The normalized spacial score (nSPS) is 24.3. The van der Waals surface area contributed by atoms with Crippen LogP contribution in [-0.4, -0.2) is 18.3 Å². The molecule has 2 fully saturated rings. The first kappa shape index (κ1) is 11.2. The van der Waals surface area contributed by atoms with Crippen LogP contribution in [0.1, 0.15) is 49.1 Å². The number of ether oxygens (including phenoxy) is 1. The van der Waals surface area contributed by atoms with Crippen molar-refractivity contribution in [3.63, 3.8) is 0 Å². The van der Waals surface area contributed by atoms with Gasteiger partial charge in [-0.3, -0.25) is 0 Å². The van der Waals surface area contributed by atoms with Crippen molar-refractivity contribution >= 4 is 0 Å². The Balaban J connectivity index is 1.78. The van der Waals surface area contributed by atoms with Gasteiger partial charge in [0, 0.05) is 26.1 Å². The Hall–Kier alpha value is -0.860. The van der Waals surface area contributed by atoms with Crippen LogP contribution in [-0.2, 0) is 10.3 Å². The van der Waals surface area contributed by atoms with E-state index in [1.807, 2.05) is 0 Å². The molecule has 17 heavy (non-hydrogen) atoms. The zero-order valence-electron chi connectivity index (χ0n) is 10.2. The number of rotatable bonds is 2. The van der Waals surface area contributed by atoms with Crippen LogP contribution in [0.3, 0.4) is 0 Å². The summed E-state index contributed by atoms with van der Waals surface area (Å²) in [6, 6.07) is 8.62. The summed E-state index contributed by atoms with van der Waals surface area (Å²) in [6.45, 7) is 1.34. The molecule has 2 aliphatic rings. The van der Waals surface area contributed by atoms with E-state index in [-0.39, 0.29) is 0 Å². The van der Waals surface area contributed by atoms with Crippen LogP contribution in [0.4, 0.5) is 0 Å². The summed E-state index contributed by atoms with van der Waals surface area (Å²) in [5.74, 6) is 0.772. The highest BCUT2D eigenvalue weighted by molar-refractivity contribution is 5.30. The van der Waals surface area contributed by atoms with Crippen LogP contribution in [0.5, 0.6) is 0 Å². The van der Waals surface area contributed by atoms with Gasteiger partial charge in [0.2, 0.25) is 0 Å². The van der Waals surface area contributed by atoms with E-state index >= 15 is 0 Å². The lowest BCUT2D eigenvalue weighted by Crippen LogP contribution is -2.33. The van der Waals surface area contributed by atoms with Gasteiger partial charge < -0.3 is 9.84 Å². The quantitative estimate of drug-likeness (QED) is 0.849. The van der Waals surface area contributed by atoms with Crippen LogP contribution in [0.15, 0.2) is 24.3 Å². The first-order valence-electron chi connectivity index (χ1n) is 6.68. The van der Waals surface area contributed by atoms with Gasteiger partial charge in [0.15, 0.2) is 0 Å². The SMILES string of the molecule is OC1(c2ccc(C3CCC3)cc2)CCOCC1.